The molecule has 0 atom stereocenters. The van der Waals surface area contributed by atoms with Gasteiger partial charge in [0.2, 0.25) is 0 Å². The number of ether oxygens (including phenoxy) is 2. The van der Waals surface area contributed by atoms with Crippen LogP contribution >= 0.6 is 0 Å². The van der Waals surface area contributed by atoms with E-state index in [4.69, 9.17) is 9.47 Å². The third-order valence-electron chi connectivity index (χ3n) is 5.17. The van der Waals surface area contributed by atoms with Crippen LogP contribution in [0.15, 0.2) is 53.5 Å². The zero-order valence-corrected chi connectivity index (χ0v) is 16.4. The first kappa shape index (κ1) is 18.5. The molecule has 0 unspecified atom stereocenters. The van der Waals surface area contributed by atoms with E-state index in [1.165, 1.54) is 5.69 Å². The second-order valence-electron chi connectivity index (χ2n) is 7.04. The van der Waals surface area contributed by atoms with Gasteiger partial charge in [0.15, 0.2) is 17.5 Å². The Morgan fingerprint density at radius 2 is 1.71 bits per heavy atom. The third kappa shape index (κ3) is 4.32. The van der Waals surface area contributed by atoms with Crippen molar-refractivity contribution in [2.24, 2.45) is 4.99 Å². The lowest BCUT2D eigenvalue weighted by Gasteiger charge is -2.37. The summed E-state index contributed by atoms with van der Waals surface area (Å²) >= 11 is 0. The molecular weight excluding hydrogens is 352 g/mol. The molecule has 0 aromatic heterocycles. The summed E-state index contributed by atoms with van der Waals surface area (Å²) in [4.78, 5) is 9.23. The van der Waals surface area contributed by atoms with Crippen LogP contribution in [-0.2, 0) is 6.54 Å². The lowest BCUT2D eigenvalue weighted by molar-refractivity contribution is 0.297. The van der Waals surface area contributed by atoms with Crippen molar-refractivity contribution in [3.8, 4) is 11.5 Å². The van der Waals surface area contributed by atoms with Crippen molar-refractivity contribution in [3.05, 3.63) is 54.1 Å². The van der Waals surface area contributed by atoms with Crippen molar-refractivity contribution < 1.29 is 9.47 Å². The monoisotopic (exact) mass is 380 g/mol. The van der Waals surface area contributed by atoms with Crippen molar-refractivity contribution in [2.45, 2.75) is 13.0 Å². The molecule has 0 saturated carbocycles. The quantitative estimate of drug-likeness (QED) is 0.655. The highest BCUT2D eigenvalue weighted by Gasteiger charge is 2.20. The zero-order chi connectivity index (χ0) is 19.2. The van der Waals surface area contributed by atoms with E-state index in [-0.39, 0.29) is 0 Å². The van der Waals surface area contributed by atoms with Crippen LogP contribution < -0.4 is 19.7 Å². The van der Waals surface area contributed by atoms with Gasteiger partial charge in [0.25, 0.3) is 0 Å². The van der Waals surface area contributed by atoms with Crippen LogP contribution in [0.25, 0.3) is 0 Å². The molecule has 148 valence electrons. The molecule has 6 heteroatoms. The van der Waals surface area contributed by atoms with Crippen LogP contribution in [0.1, 0.15) is 12.0 Å². The highest BCUT2D eigenvalue weighted by Crippen LogP contribution is 2.30. The van der Waals surface area contributed by atoms with Gasteiger partial charge in [-0.05, 0) is 29.8 Å². The fourth-order valence-corrected chi connectivity index (χ4v) is 3.65. The molecule has 2 aliphatic rings. The number of nitrogens with zero attached hydrogens (tertiary/aromatic N) is 3. The SMILES string of the molecule is CN=C(NCc1ccc2c(c1)OCCCO2)N1CCN(c2ccccc2)CC1. The zero-order valence-electron chi connectivity index (χ0n) is 16.4. The number of fused-ring (bicyclic) bond motifs is 1. The normalized spacial score (nSPS) is 17.2. The summed E-state index contributed by atoms with van der Waals surface area (Å²) in [5, 5.41) is 3.49. The Balaban J connectivity index is 1.33. The summed E-state index contributed by atoms with van der Waals surface area (Å²) < 4.78 is 11.5. The number of piperazine rings is 1. The Morgan fingerprint density at radius 1 is 0.964 bits per heavy atom. The summed E-state index contributed by atoms with van der Waals surface area (Å²) in [6.45, 7) is 6.03. The summed E-state index contributed by atoms with van der Waals surface area (Å²) in [6, 6.07) is 16.7. The minimum Gasteiger partial charge on any atom is -0.490 e. The molecule has 2 aromatic rings. The minimum atomic E-state index is 0.706. The molecule has 2 aromatic carbocycles. The highest BCUT2D eigenvalue weighted by molar-refractivity contribution is 5.80. The van der Waals surface area contributed by atoms with E-state index in [9.17, 15) is 0 Å². The largest absolute Gasteiger partial charge is 0.490 e. The molecule has 1 N–H and O–H groups in total. The van der Waals surface area contributed by atoms with E-state index in [0.717, 1.165) is 55.6 Å². The van der Waals surface area contributed by atoms with Gasteiger partial charge in [0.1, 0.15) is 0 Å². The third-order valence-corrected chi connectivity index (χ3v) is 5.17. The number of nitrogens with one attached hydrogen (secondary N) is 1. The minimum absolute atomic E-state index is 0.706. The average Bonchev–Trinajstić information content (AvgIpc) is 3.00. The molecule has 1 saturated heterocycles. The molecule has 28 heavy (non-hydrogen) atoms. The van der Waals surface area contributed by atoms with Crippen molar-refractivity contribution >= 4 is 11.6 Å². The lowest BCUT2D eigenvalue weighted by Crippen LogP contribution is -2.52. The fraction of sp³-hybridized carbons (Fsp3) is 0.409. The molecule has 0 aliphatic carbocycles. The lowest BCUT2D eigenvalue weighted by atomic mass is 10.2. The van der Waals surface area contributed by atoms with Crippen molar-refractivity contribution in [2.75, 3.05) is 51.3 Å². The number of para-hydroxylation sites is 1. The molecule has 0 bridgehead atoms. The van der Waals surface area contributed by atoms with Crippen LogP contribution in [0, 0.1) is 0 Å². The molecule has 6 nitrogen and oxygen atoms in total. The Bertz CT molecular complexity index is 801. The number of aliphatic imine (C=N–C) groups is 1. The first-order valence-corrected chi connectivity index (χ1v) is 9.97. The second kappa shape index (κ2) is 8.87. The Kier molecular flexibility index (Phi) is 5.85. The van der Waals surface area contributed by atoms with E-state index >= 15 is 0 Å². The topological polar surface area (TPSA) is 49.3 Å². The molecule has 0 spiro atoms. The maximum absolute atomic E-state index is 5.79. The summed E-state index contributed by atoms with van der Waals surface area (Å²) in [6.07, 6.45) is 0.920. The molecule has 2 heterocycles. The van der Waals surface area contributed by atoms with Crippen LogP contribution in [0.5, 0.6) is 11.5 Å². The van der Waals surface area contributed by atoms with Gasteiger partial charge in [0, 0.05) is 51.9 Å². The number of anilines is 1. The number of rotatable bonds is 3. The first-order chi connectivity index (χ1) is 13.8. The Hall–Kier alpha value is -2.89. The van der Waals surface area contributed by atoms with Crippen LogP contribution in [0.3, 0.4) is 0 Å². The molecular formula is C22H28N4O2. The van der Waals surface area contributed by atoms with Gasteiger partial charge < -0.3 is 24.6 Å². The predicted octanol–water partition coefficient (Wildman–Crippen LogP) is 2.75. The Morgan fingerprint density at radius 3 is 2.46 bits per heavy atom. The van der Waals surface area contributed by atoms with Crippen LogP contribution in [-0.4, -0.2) is 57.3 Å². The average molecular weight is 380 g/mol. The van der Waals surface area contributed by atoms with E-state index < -0.39 is 0 Å². The molecule has 0 amide bonds. The summed E-state index contributed by atoms with van der Waals surface area (Å²) in [5.74, 6) is 2.62. The second-order valence-corrected chi connectivity index (χ2v) is 7.04. The first-order valence-electron chi connectivity index (χ1n) is 9.97. The van der Waals surface area contributed by atoms with Crippen LogP contribution in [0.2, 0.25) is 0 Å². The summed E-state index contributed by atoms with van der Waals surface area (Å²) in [7, 11) is 1.85. The van der Waals surface area contributed by atoms with Crippen molar-refractivity contribution in [1.82, 2.24) is 10.2 Å². The van der Waals surface area contributed by atoms with Gasteiger partial charge in [-0.1, -0.05) is 24.3 Å². The van der Waals surface area contributed by atoms with Gasteiger partial charge in [-0.2, -0.15) is 0 Å². The Labute approximate surface area is 166 Å². The molecule has 4 rings (SSSR count). The van der Waals surface area contributed by atoms with Gasteiger partial charge in [-0.15, -0.1) is 0 Å². The molecule has 2 aliphatic heterocycles. The smallest absolute Gasteiger partial charge is 0.194 e. The maximum Gasteiger partial charge on any atom is 0.194 e. The fourth-order valence-electron chi connectivity index (χ4n) is 3.65. The molecule has 0 radical (unpaired) electrons. The highest BCUT2D eigenvalue weighted by atomic mass is 16.5. The van der Waals surface area contributed by atoms with Gasteiger partial charge >= 0.3 is 0 Å². The molecule has 1 fully saturated rings. The number of hydrogen-bond acceptors (Lipinski definition) is 4. The number of hydrogen-bond donors (Lipinski definition) is 1. The maximum atomic E-state index is 5.79. The number of benzene rings is 2. The van der Waals surface area contributed by atoms with Crippen molar-refractivity contribution in [1.29, 1.82) is 0 Å². The van der Waals surface area contributed by atoms with E-state index in [1.807, 2.05) is 13.1 Å². The van der Waals surface area contributed by atoms with Gasteiger partial charge in [0.05, 0.1) is 13.2 Å². The predicted molar refractivity (Wildman–Crippen MR) is 112 cm³/mol. The summed E-state index contributed by atoms with van der Waals surface area (Å²) in [5.41, 5.74) is 2.45. The van der Waals surface area contributed by atoms with E-state index in [1.54, 1.807) is 0 Å². The van der Waals surface area contributed by atoms with E-state index in [2.05, 4.69) is 62.6 Å². The van der Waals surface area contributed by atoms with Crippen LogP contribution in [0.4, 0.5) is 5.69 Å². The van der Waals surface area contributed by atoms with E-state index in [0.29, 0.717) is 19.8 Å². The number of guanidine groups is 1. The standard InChI is InChI=1S/C22H28N4O2/c1-23-22(26-12-10-25(11-13-26)19-6-3-2-4-7-19)24-17-18-8-9-20-21(16-18)28-15-5-14-27-20/h2-4,6-9,16H,5,10-15,17H2,1H3,(H,23,24). The van der Waals surface area contributed by atoms with Gasteiger partial charge in [-0.3, -0.25) is 4.99 Å². The van der Waals surface area contributed by atoms with Gasteiger partial charge in [-0.25, -0.2) is 0 Å². The van der Waals surface area contributed by atoms with Crippen molar-refractivity contribution in [3.63, 3.8) is 0 Å².